The molecule has 156 valence electrons. The zero-order valence-corrected chi connectivity index (χ0v) is 16.6. The number of aromatic nitrogens is 2. The second kappa shape index (κ2) is 8.71. The first-order valence-corrected chi connectivity index (χ1v) is 9.86. The Morgan fingerprint density at radius 2 is 1.93 bits per heavy atom. The lowest BCUT2D eigenvalue weighted by Crippen LogP contribution is -2.40. The average Bonchev–Trinajstić information content (AvgIpc) is 3.20. The summed E-state index contributed by atoms with van der Waals surface area (Å²) in [6.07, 6.45) is 1.44. The van der Waals surface area contributed by atoms with Crippen LogP contribution < -0.4 is 5.32 Å². The van der Waals surface area contributed by atoms with E-state index in [9.17, 15) is 13.6 Å². The molecule has 1 atom stereocenters. The maximum Gasteiger partial charge on any atom is 0.257 e. The molecule has 1 unspecified atom stereocenters. The Morgan fingerprint density at radius 3 is 2.67 bits per heavy atom. The first-order chi connectivity index (χ1) is 14.5. The van der Waals surface area contributed by atoms with Gasteiger partial charge in [-0.25, -0.2) is 8.78 Å². The van der Waals surface area contributed by atoms with Crippen LogP contribution >= 0.6 is 0 Å². The molecule has 8 heteroatoms. The Labute approximate surface area is 172 Å². The predicted molar refractivity (Wildman–Crippen MR) is 107 cm³/mol. The topological polar surface area (TPSA) is 71.3 Å². The van der Waals surface area contributed by atoms with Crippen LogP contribution in [0.25, 0.3) is 11.5 Å². The minimum absolute atomic E-state index is 0.374. The molecule has 1 aromatic heterocycles. The Kier molecular flexibility index (Phi) is 5.85. The van der Waals surface area contributed by atoms with Gasteiger partial charge in [0.15, 0.2) is 5.82 Å². The molecule has 1 aliphatic heterocycles. The summed E-state index contributed by atoms with van der Waals surface area (Å²) in [4.78, 5) is 19.1. The van der Waals surface area contributed by atoms with Gasteiger partial charge < -0.3 is 9.84 Å². The van der Waals surface area contributed by atoms with Crippen LogP contribution in [0.2, 0.25) is 0 Å². The van der Waals surface area contributed by atoms with Crippen molar-refractivity contribution in [2.24, 2.45) is 5.92 Å². The third-order valence-electron chi connectivity index (χ3n) is 5.22. The number of aryl methyl sites for hydroxylation is 1. The van der Waals surface area contributed by atoms with E-state index in [1.54, 1.807) is 0 Å². The summed E-state index contributed by atoms with van der Waals surface area (Å²) in [5.74, 6) is -1.35. The molecule has 0 spiro atoms. The highest BCUT2D eigenvalue weighted by Gasteiger charge is 2.28. The lowest BCUT2D eigenvalue weighted by atomic mass is 9.97. The highest BCUT2D eigenvalue weighted by molar-refractivity contribution is 5.93. The quantitative estimate of drug-likeness (QED) is 0.681. The van der Waals surface area contributed by atoms with Crippen molar-refractivity contribution in [2.75, 3.05) is 18.4 Å². The maximum absolute atomic E-state index is 13.8. The van der Waals surface area contributed by atoms with Crippen LogP contribution in [0.4, 0.5) is 14.5 Å². The molecule has 1 aliphatic rings. The smallest absolute Gasteiger partial charge is 0.257 e. The third-order valence-corrected chi connectivity index (χ3v) is 5.22. The normalized spacial score (nSPS) is 17.1. The molecule has 0 radical (unpaired) electrons. The second-order valence-corrected chi connectivity index (χ2v) is 7.54. The fraction of sp³-hybridized carbons (Fsp3) is 0.318. The van der Waals surface area contributed by atoms with Crippen molar-refractivity contribution < 1.29 is 18.1 Å². The number of benzene rings is 2. The fourth-order valence-electron chi connectivity index (χ4n) is 3.59. The highest BCUT2D eigenvalue weighted by Crippen LogP contribution is 2.24. The van der Waals surface area contributed by atoms with E-state index >= 15 is 0 Å². The molecule has 0 aliphatic carbocycles. The number of hydrogen-bond donors (Lipinski definition) is 1. The first kappa shape index (κ1) is 20.2. The Hall–Kier alpha value is -3.13. The molecule has 0 saturated carbocycles. The standard InChI is InChI=1S/C22H22F2N4O2/c1-14-7-9-15(10-8-14)22-25-19(27-30-22)13-28-11-3-4-16(12-28)21(29)26-20-17(23)5-2-6-18(20)24/h2,5-10,16H,3-4,11-13H2,1H3,(H,26,29). The molecule has 6 nitrogen and oxygen atoms in total. The van der Waals surface area contributed by atoms with Gasteiger partial charge >= 0.3 is 0 Å². The van der Waals surface area contributed by atoms with Crippen molar-refractivity contribution in [1.82, 2.24) is 15.0 Å². The maximum atomic E-state index is 13.8. The molecule has 2 aromatic carbocycles. The van der Waals surface area contributed by atoms with Crippen molar-refractivity contribution in [2.45, 2.75) is 26.3 Å². The zero-order chi connectivity index (χ0) is 21.1. The van der Waals surface area contributed by atoms with Crippen molar-refractivity contribution in [3.63, 3.8) is 0 Å². The summed E-state index contributed by atoms with van der Waals surface area (Å²) in [7, 11) is 0. The average molecular weight is 412 g/mol. The summed E-state index contributed by atoms with van der Waals surface area (Å²) in [6, 6.07) is 11.3. The van der Waals surface area contributed by atoms with E-state index in [4.69, 9.17) is 4.52 Å². The van der Waals surface area contributed by atoms with Gasteiger partial charge in [0.1, 0.15) is 17.3 Å². The van der Waals surface area contributed by atoms with Gasteiger partial charge in [0.05, 0.1) is 12.5 Å². The number of rotatable bonds is 5. The number of likely N-dealkylation sites (tertiary alicyclic amines) is 1. The Morgan fingerprint density at radius 1 is 1.20 bits per heavy atom. The molecule has 2 heterocycles. The SMILES string of the molecule is Cc1ccc(-c2nc(CN3CCCC(C(=O)Nc4c(F)cccc4F)C3)no2)cc1. The van der Waals surface area contributed by atoms with E-state index in [2.05, 4.69) is 20.4 Å². The molecule has 3 aromatic rings. The van der Waals surface area contributed by atoms with Gasteiger partial charge in [-0.05, 0) is 50.6 Å². The lowest BCUT2D eigenvalue weighted by molar-refractivity contribution is -0.121. The largest absolute Gasteiger partial charge is 0.334 e. The summed E-state index contributed by atoms with van der Waals surface area (Å²) in [5.41, 5.74) is 1.59. The molecule has 0 bridgehead atoms. The van der Waals surface area contributed by atoms with Crippen LogP contribution in [0.3, 0.4) is 0 Å². The molecule has 1 saturated heterocycles. The van der Waals surface area contributed by atoms with Crippen molar-refractivity contribution in [1.29, 1.82) is 0 Å². The monoisotopic (exact) mass is 412 g/mol. The van der Waals surface area contributed by atoms with Crippen LogP contribution in [0.1, 0.15) is 24.2 Å². The number of amides is 1. The molecular formula is C22H22F2N4O2. The summed E-state index contributed by atoms with van der Waals surface area (Å²) in [6.45, 7) is 3.68. The van der Waals surface area contributed by atoms with E-state index in [0.29, 0.717) is 31.2 Å². The van der Waals surface area contributed by atoms with Crippen LogP contribution in [0, 0.1) is 24.5 Å². The molecular weight excluding hydrogens is 390 g/mol. The van der Waals surface area contributed by atoms with Crippen LogP contribution in [-0.2, 0) is 11.3 Å². The number of nitrogens with one attached hydrogen (secondary N) is 1. The Balaban J connectivity index is 1.38. The van der Waals surface area contributed by atoms with Crippen molar-refractivity contribution >= 4 is 11.6 Å². The van der Waals surface area contributed by atoms with Gasteiger partial charge in [-0.3, -0.25) is 9.69 Å². The fourth-order valence-corrected chi connectivity index (χ4v) is 3.59. The predicted octanol–water partition coefficient (Wildman–Crippen LogP) is 4.17. The summed E-state index contributed by atoms with van der Waals surface area (Å²) in [5, 5.41) is 6.44. The van der Waals surface area contributed by atoms with Gasteiger partial charge in [0, 0.05) is 12.1 Å². The van der Waals surface area contributed by atoms with E-state index in [-0.39, 0.29) is 5.92 Å². The summed E-state index contributed by atoms with van der Waals surface area (Å²) >= 11 is 0. The van der Waals surface area contributed by atoms with Crippen molar-refractivity contribution in [3.8, 4) is 11.5 Å². The highest BCUT2D eigenvalue weighted by atomic mass is 19.1. The van der Waals surface area contributed by atoms with Crippen molar-refractivity contribution in [3.05, 3.63) is 65.5 Å². The number of carbonyl (C=O) groups is 1. The number of nitrogens with zero attached hydrogens (tertiary/aromatic N) is 3. The van der Waals surface area contributed by atoms with Crippen LogP contribution in [-0.4, -0.2) is 34.0 Å². The molecule has 4 rings (SSSR count). The number of anilines is 1. The number of para-hydroxylation sites is 1. The third kappa shape index (κ3) is 4.54. The number of piperidine rings is 1. The molecule has 1 N–H and O–H groups in total. The van der Waals surface area contributed by atoms with Gasteiger partial charge in [-0.1, -0.05) is 28.9 Å². The van der Waals surface area contributed by atoms with E-state index < -0.39 is 23.2 Å². The summed E-state index contributed by atoms with van der Waals surface area (Å²) < 4.78 is 33.0. The minimum Gasteiger partial charge on any atom is -0.334 e. The van der Waals surface area contributed by atoms with E-state index in [0.717, 1.165) is 36.2 Å². The van der Waals surface area contributed by atoms with Crippen LogP contribution in [0.15, 0.2) is 47.0 Å². The Bertz CT molecular complexity index is 1020. The molecule has 1 amide bonds. The van der Waals surface area contributed by atoms with E-state index in [1.165, 1.54) is 6.07 Å². The van der Waals surface area contributed by atoms with Gasteiger partial charge in [-0.15, -0.1) is 0 Å². The molecule has 30 heavy (non-hydrogen) atoms. The number of halogens is 2. The van der Waals surface area contributed by atoms with Gasteiger partial charge in [0.25, 0.3) is 5.89 Å². The van der Waals surface area contributed by atoms with E-state index in [1.807, 2.05) is 31.2 Å². The second-order valence-electron chi connectivity index (χ2n) is 7.54. The lowest BCUT2D eigenvalue weighted by Gasteiger charge is -2.31. The first-order valence-electron chi connectivity index (χ1n) is 9.86. The number of carbonyl (C=O) groups excluding carboxylic acids is 1. The van der Waals surface area contributed by atoms with Gasteiger partial charge in [0.2, 0.25) is 5.91 Å². The van der Waals surface area contributed by atoms with Crippen LogP contribution in [0.5, 0.6) is 0 Å². The zero-order valence-electron chi connectivity index (χ0n) is 16.6. The molecule has 1 fully saturated rings. The number of hydrogen-bond acceptors (Lipinski definition) is 5. The minimum atomic E-state index is -0.786. The van der Waals surface area contributed by atoms with Gasteiger partial charge in [-0.2, -0.15) is 4.98 Å².